The molecule has 2 aromatic heterocycles. The van der Waals surface area contributed by atoms with Gasteiger partial charge in [-0.05, 0) is 24.6 Å². The first-order chi connectivity index (χ1) is 9.84. The van der Waals surface area contributed by atoms with Gasteiger partial charge in [0.05, 0.1) is 0 Å². The highest BCUT2D eigenvalue weighted by Gasteiger charge is 2.09. The van der Waals surface area contributed by atoms with Crippen LogP contribution in [0.2, 0.25) is 0 Å². The van der Waals surface area contributed by atoms with Gasteiger partial charge in [-0.3, -0.25) is 4.79 Å². The highest BCUT2D eigenvalue weighted by molar-refractivity contribution is 6.06. The summed E-state index contributed by atoms with van der Waals surface area (Å²) in [6.07, 6.45) is 7.09. The molecule has 0 aliphatic rings. The van der Waals surface area contributed by atoms with E-state index in [9.17, 15) is 4.79 Å². The molecule has 3 aromatic rings. The van der Waals surface area contributed by atoms with Crippen molar-refractivity contribution in [2.45, 2.75) is 12.8 Å². The number of rotatable bonds is 5. The largest absolute Gasteiger partial charge is 0.361 e. The Balaban J connectivity index is 1.58. The Bertz CT molecular complexity index is 700. The number of amides is 1. The zero-order valence-electron chi connectivity index (χ0n) is 11.0. The van der Waals surface area contributed by atoms with Gasteiger partial charge in [-0.15, -0.1) is 0 Å². The van der Waals surface area contributed by atoms with E-state index in [-0.39, 0.29) is 5.91 Å². The van der Waals surface area contributed by atoms with Crippen LogP contribution in [0.1, 0.15) is 22.6 Å². The Labute approximate surface area is 116 Å². The number of fused-ring (bicyclic) bond motifs is 1. The molecule has 0 unspecified atom stereocenters. The Kier molecular flexibility index (Phi) is 3.50. The van der Waals surface area contributed by atoms with E-state index in [4.69, 9.17) is 0 Å². The minimum absolute atomic E-state index is 0.0327. The van der Waals surface area contributed by atoms with E-state index in [0.29, 0.717) is 12.1 Å². The molecular weight excluding hydrogens is 252 g/mol. The van der Waals surface area contributed by atoms with Crippen LogP contribution in [-0.4, -0.2) is 27.4 Å². The molecule has 0 bridgehead atoms. The number of hydrogen-bond acceptors (Lipinski definition) is 2. The molecule has 1 aromatic carbocycles. The fraction of sp³-hybridized carbons (Fsp3) is 0.200. The first-order valence-corrected chi connectivity index (χ1v) is 6.67. The van der Waals surface area contributed by atoms with Crippen molar-refractivity contribution in [3.8, 4) is 0 Å². The fourth-order valence-corrected chi connectivity index (χ4v) is 2.27. The van der Waals surface area contributed by atoms with E-state index < -0.39 is 0 Å². The highest BCUT2D eigenvalue weighted by Crippen LogP contribution is 2.17. The lowest BCUT2D eigenvalue weighted by Gasteiger charge is -2.05. The van der Waals surface area contributed by atoms with Gasteiger partial charge in [-0.1, -0.05) is 6.07 Å². The zero-order valence-corrected chi connectivity index (χ0v) is 11.0. The number of imidazole rings is 1. The number of carbonyl (C=O) groups is 1. The molecule has 0 fully saturated rings. The lowest BCUT2D eigenvalue weighted by atomic mass is 10.1. The van der Waals surface area contributed by atoms with E-state index in [2.05, 4.69) is 20.3 Å². The van der Waals surface area contributed by atoms with Gasteiger partial charge < -0.3 is 15.3 Å². The third-order valence-corrected chi connectivity index (χ3v) is 3.27. The van der Waals surface area contributed by atoms with Crippen molar-refractivity contribution in [2.75, 3.05) is 6.54 Å². The van der Waals surface area contributed by atoms with Gasteiger partial charge in [0.2, 0.25) is 0 Å². The molecule has 0 aliphatic carbocycles. The van der Waals surface area contributed by atoms with Crippen LogP contribution in [0.15, 0.2) is 42.9 Å². The Morgan fingerprint density at radius 1 is 1.20 bits per heavy atom. The number of hydrogen-bond donors (Lipinski definition) is 3. The molecule has 3 N–H and O–H groups in total. The molecule has 0 saturated heterocycles. The topological polar surface area (TPSA) is 73.6 Å². The number of nitrogens with zero attached hydrogens (tertiary/aromatic N) is 1. The first-order valence-electron chi connectivity index (χ1n) is 6.67. The summed E-state index contributed by atoms with van der Waals surface area (Å²) in [6, 6.07) is 7.62. The highest BCUT2D eigenvalue weighted by atomic mass is 16.1. The van der Waals surface area contributed by atoms with Crippen molar-refractivity contribution in [3.63, 3.8) is 0 Å². The zero-order chi connectivity index (χ0) is 13.8. The number of aryl methyl sites for hydroxylation is 1. The Morgan fingerprint density at radius 3 is 3.00 bits per heavy atom. The first kappa shape index (κ1) is 12.5. The Morgan fingerprint density at radius 2 is 2.15 bits per heavy atom. The van der Waals surface area contributed by atoms with Crippen molar-refractivity contribution in [1.82, 2.24) is 20.3 Å². The van der Waals surface area contributed by atoms with E-state index >= 15 is 0 Å². The van der Waals surface area contributed by atoms with Gasteiger partial charge >= 0.3 is 0 Å². The summed E-state index contributed by atoms with van der Waals surface area (Å²) < 4.78 is 0. The van der Waals surface area contributed by atoms with Crippen LogP contribution in [0.3, 0.4) is 0 Å². The smallest absolute Gasteiger partial charge is 0.251 e. The molecule has 3 rings (SSSR count). The van der Waals surface area contributed by atoms with Crippen LogP contribution < -0.4 is 5.32 Å². The second-order valence-corrected chi connectivity index (χ2v) is 4.64. The second-order valence-electron chi connectivity index (χ2n) is 4.64. The number of H-pyrrole nitrogens is 2. The minimum atomic E-state index is -0.0327. The minimum Gasteiger partial charge on any atom is -0.361 e. The van der Waals surface area contributed by atoms with Crippen molar-refractivity contribution < 1.29 is 4.79 Å². The lowest BCUT2D eigenvalue weighted by molar-refractivity contribution is 0.0955. The molecule has 0 saturated carbocycles. The van der Waals surface area contributed by atoms with E-state index in [1.165, 1.54) is 0 Å². The Hall–Kier alpha value is -2.56. The molecule has 0 aliphatic heterocycles. The molecule has 5 heteroatoms. The number of aromatic nitrogens is 3. The van der Waals surface area contributed by atoms with Gasteiger partial charge in [0, 0.05) is 48.0 Å². The lowest BCUT2D eigenvalue weighted by Crippen LogP contribution is -2.25. The summed E-state index contributed by atoms with van der Waals surface area (Å²) in [7, 11) is 0. The number of nitrogens with one attached hydrogen (secondary N) is 3. The van der Waals surface area contributed by atoms with E-state index in [0.717, 1.165) is 29.6 Å². The van der Waals surface area contributed by atoms with Crippen LogP contribution in [-0.2, 0) is 6.42 Å². The normalized spacial score (nSPS) is 10.8. The van der Waals surface area contributed by atoms with Crippen molar-refractivity contribution in [3.05, 3.63) is 54.2 Å². The molecule has 0 atom stereocenters. The van der Waals surface area contributed by atoms with Gasteiger partial charge in [-0.25, -0.2) is 4.98 Å². The van der Waals surface area contributed by atoms with Crippen LogP contribution in [0, 0.1) is 0 Å². The predicted molar refractivity (Wildman–Crippen MR) is 77.5 cm³/mol. The third-order valence-electron chi connectivity index (χ3n) is 3.27. The van der Waals surface area contributed by atoms with Gasteiger partial charge in [0.1, 0.15) is 5.82 Å². The molecule has 0 radical (unpaired) electrons. The molecule has 5 nitrogen and oxygen atoms in total. The predicted octanol–water partition coefficient (Wildman–Crippen LogP) is 2.25. The van der Waals surface area contributed by atoms with Crippen molar-refractivity contribution in [1.29, 1.82) is 0 Å². The van der Waals surface area contributed by atoms with Crippen LogP contribution in [0.25, 0.3) is 10.9 Å². The molecule has 2 heterocycles. The quantitative estimate of drug-likeness (QED) is 0.621. The molecule has 102 valence electrons. The second kappa shape index (κ2) is 5.61. The molecule has 1 amide bonds. The number of carbonyl (C=O) groups excluding carboxylic acids is 1. The van der Waals surface area contributed by atoms with Gasteiger partial charge in [-0.2, -0.15) is 0 Å². The SMILES string of the molecule is O=C(NCCCc1ncc[nH]1)c1cccc2[nH]ccc12. The summed E-state index contributed by atoms with van der Waals surface area (Å²) in [6.45, 7) is 0.639. The van der Waals surface area contributed by atoms with Crippen molar-refractivity contribution in [2.24, 2.45) is 0 Å². The number of benzene rings is 1. The van der Waals surface area contributed by atoms with Gasteiger partial charge in [0.15, 0.2) is 0 Å². The maximum Gasteiger partial charge on any atom is 0.251 e. The summed E-state index contributed by atoms with van der Waals surface area (Å²) in [4.78, 5) is 22.5. The van der Waals surface area contributed by atoms with E-state index in [1.54, 1.807) is 12.4 Å². The molecular formula is C15H16N4O. The number of aromatic amines is 2. The summed E-state index contributed by atoms with van der Waals surface area (Å²) in [5, 5.41) is 3.90. The van der Waals surface area contributed by atoms with E-state index in [1.807, 2.05) is 30.5 Å². The summed E-state index contributed by atoms with van der Waals surface area (Å²) in [5.74, 6) is 0.918. The molecule has 20 heavy (non-hydrogen) atoms. The van der Waals surface area contributed by atoms with Crippen molar-refractivity contribution >= 4 is 16.8 Å². The van der Waals surface area contributed by atoms with Crippen LogP contribution in [0.4, 0.5) is 0 Å². The monoisotopic (exact) mass is 268 g/mol. The average Bonchev–Trinajstić information content (AvgIpc) is 3.13. The third kappa shape index (κ3) is 2.56. The summed E-state index contributed by atoms with van der Waals surface area (Å²) >= 11 is 0. The maximum absolute atomic E-state index is 12.2. The van der Waals surface area contributed by atoms with Crippen LogP contribution in [0.5, 0.6) is 0 Å². The van der Waals surface area contributed by atoms with Gasteiger partial charge in [0.25, 0.3) is 5.91 Å². The standard InChI is InChI=1S/C15H16N4O/c20-15(19-7-2-5-14-17-9-10-18-14)12-3-1-4-13-11(12)6-8-16-13/h1,3-4,6,8-10,16H,2,5,7H2,(H,17,18)(H,19,20). The summed E-state index contributed by atoms with van der Waals surface area (Å²) in [5.41, 5.74) is 1.69. The molecule has 0 spiro atoms. The maximum atomic E-state index is 12.2. The van der Waals surface area contributed by atoms with Crippen LogP contribution >= 0.6 is 0 Å². The fourth-order valence-electron chi connectivity index (χ4n) is 2.27. The average molecular weight is 268 g/mol.